The molecule has 0 aliphatic carbocycles. The van der Waals surface area contributed by atoms with E-state index in [1.807, 2.05) is 25.2 Å². The molecular formula is C14H23NO2. The van der Waals surface area contributed by atoms with Crippen molar-refractivity contribution in [2.45, 2.75) is 26.9 Å². The number of anilines is 1. The van der Waals surface area contributed by atoms with Gasteiger partial charge in [0.1, 0.15) is 5.75 Å². The number of methoxy groups -OCH3 is 1. The van der Waals surface area contributed by atoms with Crippen LogP contribution >= 0.6 is 0 Å². The summed E-state index contributed by atoms with van der Waals surface area (Å²) in [4.78, 5) is 2.16. The van der Waals surface area contributed by atoms with Crippen molar-refractivity contribution in [2.75, 3.05) is 25.6 Å². The van der Waals surface area contributed by atoms with Gasteiger partial charge >= 0.3 is 0 Å². The van der Waals surface area contributed by atoms with Crippen LogP contribution in [0.3, 0.4) is 0 Å². The Morgan fingerprint density at radius 1 is 1.29 bits per heavy atom. The van der Waals surface area contributed by atoms with Crippen LogP contribution in [0, 0.1) is 5.92 Å². The molecule has 0 aliphatic rings. The zero-order chi connectivity index (χ0) is 13.0. The summed E-state index contributed by atoms with van der Waals surface area (Å²) in [5.74, 6) is 1.32. The van der Waals surface area contributed by atoms with Crippen LogP contribution in [0.5, 0.6) is 5.75 Å². The van der Waals surface area contributed by atoms with Crippen molar-refractivity contribution in [3.8, 4) is 5.75 Å². The van der Waals surface area contributed by atoms with E-state index in [9.17, 15) is 5.11 Å². The summed E-state index contributed by atoms with van der Waals surface area (Å²) in [5, 5.41) is 9.89. The first-order valence-corrected chi connectivity index (χ1v) is 6.03. The Balaban J connectivity index is 3.13. The van der Waals surface area contributed by atoms with Crippen molar-refractivity contribution in [1.29, 1.82) is 0 Å². The fourth-order valence-electron chi connectivity index (χ4n) is 2.11. The van der Waals surface area contributed by atoms with Gasteiger partial charge < -0.3 is 14.7 Å². The van der Waals surface area contributed by atoms with Crippen molar-refractivity contribution in [3.63, 3.8) is 0 Å². The van der Waals surface area contributed by atoms with Crippen LogP contribution in [0.4, 0.5) is 5.69 Å². The first-order chi connectivity index (χ1) is 7.97. The summed E-state index contributed by atoms with van der Waals surface area (Å²) in [6.45, 7) is 7.08. The second-order valence-corrected chi connectivity index (χ2v) is 4.84. The smallest absolute Gasteiger partial charge is 0.126 e. The van der Waals surface area contributed by atoms with Gasteiger partial charge in [-0.2, -0.15) is 0 Å². The summed E-state index contributed by atoms with van der Waals surface area (Å²) in [7, 11) is 3.67. The molecule has 0 saturated heterocycles. The third-order valence-corrected chi connectivity index (χ3v) is 2.73. The van der Waals surface area contributed by atoms with Crippen molar-refractivity contribution in [2.24, 2.45) is 5.92 Å². The maximum Gasteiger partial charge on any atom is 0.126 e. The lowest BCUT2D eigenvalue weighted by Crippen LogP contribution is -2.24. The Labute approximate surface area is 104 Å². The second kappa shape index (κ2) is 5.92. The summed E-state index contributed by atoms with van der Waals surface area (Å²) >= 11 is 0. The average molecular weight is 237 g/mol. The average Bonchev–Trinajstić information content (AvgIpc) is 2.26. The Hall–Kier alpha value is -1.22. The molecule has 0 heterocycles. The standard InChI is InChI=1S/C14H23NO2/c1-10(2)9-15(4)12-7-6-8-13(17-5)14(12)11(3)16/h6-8,10-11,16H,9H2,1-5H3/t11-/m1/s1. The van der Waals surface area contributed by atoms with Crippen LogP contribution in [0.15, 0.2) is 18.2 Å². The summed E-state index contributed by atoms with van der Waals surface area (Å²) in [5.41, 5.74) is 1.89. The van der Waals surface area contributed by atoms with Gasteiger partial charge in [0.2, 0.25) is 0 Å². The molecular weight excluding hydrogens is 214 g/mol. The Morgan fingerprint density at radius 3 is 2.41 bits per heavy atom. The lowest BCUT2D eigenvalue weighted by molar-refractivity contribution is 0.194. The number of benzene rings is 1. The predicted octanol–water partition coefficient (Wildman–Crippen LogP) is 2.84. The maximum absolute atomic E-state index is 9.89. The topological polar surface area (TPSA) is 32.7 Å². The fraction of sp³-hybridized carbons (Fsp3) is 0.571. The van der Waals surface area contributed by atoms with Crippen LogP contribution in [0.2, 0.25) is 0 Å². The maximum atomic E-state index is 9.89. The third-order valence-electron chi connectivity index (χ3n) is 2.73. The van der Waals surface area contributed by atoms with Crippen LogP contribution in [0.1, 0.15) is 32.4 Å². The third kappa shape index (κ3) is 3.37. The van der Waals surface area contributed by atoms with Gasteiger partial charge in [-0.3, -0.25) is 0 Å². The van der Waals surface area contributed by atoms with Gasteiger partial charge in [0.15, 0.2) is 0 Å². The molecule has 17 heavy (non-hydrogen) atoms. The van der Waals surface area contributed by atoms with E-state index in [-0.39, 0.29) is 0 Å². The molecule has 0 fully saturated rings. The predicted molar refractivity (Wildman–Crippen MR) is 71.7 cm³/mol. The SMILES string of the molecule is COc1cccc(N(C)CC(C)C)c1[C@@H](C)O. The molecule has 1 aromatic rings. The molecule has 96 valence electrons. The molecule has 1 N–H and O–H groups in total. The van der Waals surface area contributed by atoms with Gasteiger partial charge in [0, 0.05) is 24.8 Å². The number of aliphatic hydroxyl groups is 1. The van der Waals surface area contributed by atoms with E-state index in [4.69, 9.17) is 4.74 Å². The van der Waals surface area contributed by atoms with Crippen LogP contribution in [0.25, 0.3) is 0 Å². The highest BCUT2D eigenvalue weighted by atomic mass is 16.5. The summed E-state index contributed by atoms with van der Waals surface area (Å²) in [6, 6.07) is 5.86. The first kappa shape index (κ1) is 13.8. The van der Waals surface area contributed by atoms with Crippen LogP contribution in [-0.4, -0.2) is 25.8 Å². The summed E-state index contributed by atoms with van der Waals surface area (Å²) in [6.07, 6.45) is -0.532. The van der Waals surface area contributed by atoms with Gasteiger partial charge in [0.25, 0.3) is 0 Å². The van der Waals surface area contributed by atoms with Crippen LogP contribution < -0.4 is 9.64 Å². The zero-order valence-corrected chi connectivity index (χ0v) is 11.4. The molecule has 1 aromatic carbocycles. The van der Waals surface area contributed by atoms with Crippen molar-refractivity contribution < 1.29 is 9.84 Å². The van der Waals surface area contributed by atoms with Crippen molar-refractivity contribution in [1.82, 2.24) is 0 Å². The monoisotopic (exact) mass is 237 g/mol. The largest absolute Gasteiger partial charge is 0.496 e. The van der Waals surface area contributed by atoms with Gasteiger partial charge in [-0.05, 0) is 25.0 Å². The quantitative estimate of drug-likeness (QED) is 0.854. The normalized spacial score (nSPS) is 12.6. The van der Waals surface area contributed by atoms with Crippen LogP contribution in [-0.2, 0) is 0 Å². The fourth-order valence-corrected chi connectivity index (χ4v) is 2.11. The number of rotatable bonds is 5. The molecule has 0 bridgehead atoms. The van der Waals surface area contributed by atoms with E-state index >= 15 is 0 Å². The molecule has 0 aliphatic heterocycles. The second-order valence-electron chi connectivity index (χ2n) is 4.84. The van der Waals surface area contributed by atoms with Gasteiger partial charge in [-0.25, -0.2) is 0 Å². The van der Waals surface area contributed by atoms with Gasteiger partial charge in [0.05, 0.1) is 13.2 Å². The minimum absolute atomic E-state index is 0.532. The number of hydrogen-bond donors (Lipinski definition) is 1. The Bertz CT molecular complexity index is 361. The highest BCUT2D eigenvalue weighted by Crippen LogP contribution is 2.34. The molecule has 3 heteroatoms. The Kier molecular flexibility index (Phi) is 4.82. The van der Waals surface area contributed by atoms with E-state index in [1.165, 1.54) is 0 Å². The zero-order valence-electron chi connectivity index (χ0n) is 11.4. The molecule has 0 spiro atoms. The van der Waals surface area contributed by atoms with E-state index in [0.717, 1.165) is 23.5 Å². The lowest BCUT2D eigenvalue weighted by atomic mass is 10.0. The van der Waals surface area contributed by atoms with Gasteiger partial charge in [-0.15, -0.1) is 0 Å². The molecule has 0 aromatic heterocycles. The number of aliphatic hydroxyl groups excluding tert-OH is 1. The minimum atomic E-state index is -0.532. The molecule has 0 unspecified atom stereocenters. The molecule has 1 atom stereocenters. The molecule has 0 radical (unpaired) electrons. The van der Waals surface area contributed by atoms with Crippen molar-refractivity contribution in [3.05, 3.63) is 23.8 Å². The lowest BCUT2D eigenvalue weighted by Gasteiger charge is -2.26. The number of hydrogen-bond acceptors (Lipinski definition) is 3. The minimum Gasteiger partial charge on any atom is -0.496 e. The summed E-state index contributed by atoms with van der Waals surface area (Å²) < 4.78 is 5.32. The van der Waals surface area contributed by atoms with Gasteiger partial charge in [-0.1, -0.05) is 19.9 Å². The first-order valence-electron chi connectivity index (χ1n) is 6.03. The van der Waals surface area contributed by atoms with E-state index < -0.39 is 6.10 Å². The highest BCUT2D eigenvalue weighted by molar-refractivity contribution is 5.60. The number of ether oxygens (including phenoxy) is 1. The van der Waals surface area contributed by atoms with Crippen molar-refractivity contribution >= 4 is 5.69 Å². The molecule has 1 rings (SSSR count). The van der Waals surface area contributed by atoms with E-state index in [2.05, 4.69) is 18.7 Å². The van der Waals surface area contributed by atoms with E-state index in [1.54, 1.807) is 14.0 Å². The van der Waals surface area contributed by atoms with E-state index in [0.29, 0.717) is 5.92 Å². The highest BCUT2D eigenvalue weighted by Gasteiger charge is 2.17. The molecule has 3 nitrogen and oxygen atoms in total. The molecule has 0 saturated carbocycles. The molecule has 0 amide bonds. The Morgan fingerprint density at radius 2 is 1.94 bits per heavy atom. The number of nitrogens with zero attached hydrogens (tertiary/aromatic N) is 1.